The third kappa shape index (κ3) is 2.40. The summed E-state index contributed by atoms with van der Waals surface area (Å²) < 4.78 is 9.95. The quantitative estimate of drug-likeness (QED) is 0.648. The molecule has 2 aliphatic rings. The van der Waals surface area contributed by atoms with E-state index in [0.29, 0.717) is 12.1 Å². The number of aromatic nitrogens is 3. The number of hydrogen-bond donors (Lipinski definition) is 1. The molecule has 3 aromatic rings. The SMILES string of the molecule is COc1ccccc1[Si](C)(C)[C@@H]1[C@@H]2[C@@H](O)C[C@H]1n1c(=O)n(-c3ccccc3)c(=O)n12. The minimum atomic E-state index is -2.24. The Morgan fingerprint density at radius 1 is 0.967 bits per heavy atom. The van der Waals surface area contributed by atoms with E-state index >= 15 is 0 Å². The summed E-state index contributed by atoms with van der Waals surface area (Å²) in [7, 11) is -0.574. The molecule has 8 heteroatoms. The van der Waals surface area contributed by atoms with Crippen LogP contribution in [0.5, 0.6) is 5.75 Å². The molecule has 2 heterocycles. The van der Waals surface area contributed by atoms with E-state index in [4.69, 9.17) is 4.74 Å². The first-order valence-corrected chi connectivity index (χ1v) is 13.3. The fourth-order valence-corrected chi connectivity index (χ4v) is 9.84. The lowest BCUT2D eigenvalue weighted by Gasteiger charge is -2.33. The molecule has 5 rings (SSSR count). The van der Waals surface area contributed by atoms with Crippen LogP contribution < -0.4 is 21.3 Å². The van der Waals surface area contributed by atoms with Crippen molar-refractivity contribution in [3.05, 3.63) is 75.6 Å². The van der Waals surface area contributed by atoms with Gasteiger partial charge >= 0.3 is 11.4 Å². The van der Waals surface area contributed by atoms with Crippen LogP contribution in [0.1, 0.15) is 18.5 Å². The van der Waals surface area contributed by atoms with Gasteiger partial charge in [0.05, 0.1) is 39.1 Å². The van der Waals surface area contributed by atoms with E-state index in [2.05, 4.69) is 19.2 Å². The van der Waals surface area contributed by atoms with Gasteiger partial charge in [-0.15, -0.1) is 0 Å². The average molecular weight is 424 g/mol. The molecule has 0 spiro atoms. The molecule has 2 aromatic carbocycles. The van der Waals surface area contributed by atoms with Gasteiger partial charge in [-0.1, -0.05) is 49.5 Å². The Balaban J connectivity index is 1.67. The van der Waals surface area contributed by atoms with Crippen LogP contribution in [-0.2, 0) is 0 Å². The molecule has 4 atom stereocenters. The minimum absolute atomic E-state index is 0.0228. The molecule has 2 bridgehead atoms. The minimum Gasteiger partial charge on any atom is -0.497 e. The van der Waals surface area contributed by atoms with E-state index < -0.39 is 20.2 Å². The molecule has 1 aromatic heterocycles. The van der Waals surface area contributed by atoms with Crippen molar-refractivity contribution in [1.29, 1.82) is 0 Å². The van der Waals surface area contributed by atoms with Crippen LogP contribution in [0.4, 0.5) is 0 Å². The van der Waals surface area contributed by atoms with E-state index in [1.54, 1.807) is 36.1 Å². The first-order valence-electron chi connectivity index (χ1n) is 10.2. The molecule has 0 radical (unpaired) electrons. The number of benzene rings is 2. The molecule has 0 unspecified atom stereocenters. The van der Waals surface area contributed by atoms with Crippen molar-refractivity contribution in [2.45, 2.75) is 43.2 Å². The molecular formula is C22H25N3O4Si. The van der Waals surface area contributed by atoms with Gasteiger partial charge in [0.15, 0.2) is 0 Å². The normalized spacial score (nSPS) is 24.8. The summed E-state index contributed by atoms with van der Waals surface area (Å²) in [5.41, 5.74) is -0.143. The van der Waals surface area contributed by atoms with Crippen molar-refractivity contribution < 1.29 is 9.84 Å². The average Bonchev–Trinajstić information content (AvgIpc) is 3.35. The van der Waals surface area contributed by atoms with Gasteiger partial charge in [-0.25, -0.2) is 23.5 Å². The third-order valence-corrected chi connectivity index (χ3v) is 11.1. The fraction of sp³-hybridized carbons (Fsp3) is 0.364. The Morgan fingerprint density at radius 3 is 2.30 bits per heavy atom. The second kappa shape index (κ2) is 6.58. The predicted octanol–water partition coefficient (Wildman–Crippen LogP) is 1.66. The van der Waals surface area contributed by atoms with Crippen molar-refractivity contribution in [1.82, 2.24) is 13.9 Å². The van der Waals surface area contributed by atoms with E-state index in [1.807, 2.05) is 24.3 Å². The molecule has 1 aliphatic carbocycles. The van der Waals surface area contributed by atoms with E-state index in [0.717, 1.165) is 10.9 Å². The lowest BCUT2D eigenvalue weighted by Crippen LogP contribution is -2.49. The number of para-hydroxylation sites is 2. The molecular weight excluding hydrogens is 398 g/mol. The molecule has 1 N–H and O–H groups in total. The van der Waals surface area contributed by atoms with Crippen molar-refractivity contribution in [3.63, 3.8) is 0 Å². The van der Waals surface area contributed by atoms with Crippen molar-refractivity contribution in [3.8, 4) is 11.4 Å². The standard InChI is InChI=1S/C22H25N3O4Si/c1-29-17-11-7-8-12-18(17)30(2,3)20-15-13-16(26)19(20)25-22(28)23(21(27)24(15)25)14-9-5-4-6-10-14/h4-12,15-16,19-20,26H,13H2,1-3H3/t15-,16+,19+,20+/m1/s1. The van der Waals surface area contributed by atoms with Gasteiger partial charge in [-0.05, 0) is 29.8 Å². The number of aliphatic hydroxyl groups is 1. The van der Waals surface area contributed by atoms with E-state index in [9.17, 15) is 14.7 Å². The van der Waals surface area contributed by atoms with Gasteiger partial charge in [-0.3, -0.25) is 0 Å². The topological polar surface area (TPSA) is 78.4 Å². The second-order valence-electron chi connectivity index (χ2n) is 8.73. The van der Waals surface area contributed by atoms with Crippen molar-refractivity contribution >= 4 is 13.3 Å². The number of methoxy groups -OCH3 is 1. The molecule has 0 amide bonds. The highest BCUT2D eigenvalue weighted by molar-refractivity contribution is 6.91. The van der Waals surface area contributed by atoms with Gasteiger partial charge in [0.25, 0.3) is 0 Å². The Hall–Kier alpha value is -2.84. The van der Waals surface area contributed by atoms with Crippen LogP contribution in [0.2, 0.25) is 18.6 Å². The summed E-state index contributed by atoms with van der Waals surface area (Å²) in [6.45, 7) is 4.47. The van der Waals surface area contributed by atoms with E-state index in [-0.39, 0.29) is 23.0 Å². The third-order valence-electron chi connectivity index (χ3n) is 6.91. The Morgan fingerprint density at radius 2 is 1.60 bits per heavy atom. The molecule has 30 heavy (non-hydrogen) atoms. The summed E-state index contributed by atoms with van der Waals surface area (Å²) in [6, 6.07) is 16.3. The monoisotopic (exact) mass is 423 g/mol. The molecule has 1 saturated carbocycles. The number of fused-ring (bicyclic) bond motifs is 5. The van der Waals surface area contributed by atoms with Gasteiger partial charge in [0, 0.05) is 5.54 Å². The summed E-state index contributed by atoms with van der Waals surface area (Å²) >= 11 is 0. The van der Waals surface area contributed by atoms with E-state index in [1.165, 1.54) is 9.25 Å². The lowest BCUT2D eigenvalue weighted by molar-refractivity contribution is 0.104. The van der Waals surface area contributed by atoms with Crippen LogP contribution in [0.3, 0.4) is 0 Å². The molecule has 7 nitrogen and oxygen atoms in total. The smallest absolute Gasteiger partial charge is 0.352 e. The van der Waals surface area contributed by atoms with Crippen LogP contribution in [0.25, 0.3) is 5.69 Å². The summed E-state index contributed by atoms with van der Waals surface area (Å²) in [5, 5.41) is 12.0. The molecule has 156 valence electrons. The van der Waals surface area contributed by atoms with Gasteiger partial charge in [0.2, 0.25) is 0 Å². The number of aliphatic hydroxyl groups excluding tert-OH is 1. The fourth-order valence-electron chi connectivity index (χ4n) is 5.67. The number of hydrogen-bond acceptors (Lipinski definition) is 4. The van der Waals surface area contributed by atoms with Crippen LogP contribution in [0.15, 0.2) is 64.2 Å². The highest BCUT2D eigenvalue weighted by Crippen LogP contribution is 2.56. The van der Waals surface area contributed by atoms with Crippen molar-refractivity contribution in [2.75, 3.05) is 7.11 Å². The number of ether oxygens (including phenoxy) is 1. The summed E-state index contributed by atoms with van der Waals surface area (Å²) in [6.07, 6.45) is -0.163. The predicted molar refractivity (Wildman–Crippen MR) is 117 cm³/mol. The van der Waals surface area contributed by atoms with Gasteiger partial charge in [0.1, 0.15) is 5.75 Å². The van der Waals surface area contributed by atoms with Gasteiger partial charge < -0.3 is 9.84 Å². The summed E-state index contributed by atoms with van der Waals surface area (Å²) in [5.74, 6) is 0.827. The van der Waals surface area contributed by atoms with Crippen LogP contribution in [0, 0.1) is 0 Å². The second-order valence-corrected chi connectivity index (χ2v) is 13.4. The first kappa shape index (κ1) is 19.1. The Labute approximate surface area is 174 Å². The highest BCUT2D eigenvalue weighted by Gasteiger charge is 2.60. The maximum Gasteiger partial charge on any atom is 0.352 e. The van der Waals surface area contributed by atoms with Crippen LogP contribution >= 0.6 is 0 Å². The number of rotatable bonds is 4. The zero-order chi connectivity index (χ0) is 21.2. The largest absolute Gasteiger partial charge is 0.497 e. The van der Waals surface area contributed by atoms with Crippen LogP contribution in [-0.4, -0.2) is 40.3 Å². The Bertz CT molecular complexity index is 1230. The maximum atomic E-state index is 13.3. The zero-order valence-corrected chi connectivity index (χ0v) is 18.2. The zero-order valence-electron chi connectivity index (χ0n) is 17.2. The first-order chi connectivity index (χ1) is 14.4. The van der Waals surface area contributed by atoms with Crippen molar-refractivity contribution in [2.24, 2.45) is 0 Å². The van der Waals surface area contributed by atoms with Gasteiger partial charge in [-0.2, -0.15) is 0 Å². The molecule has 1 aliphatic heterocycles. The molecule has 1 fully saturated rings. The number of nitrogens with zero attached hydrogens (tertiary/aromatic N) is 3. The lowest BCUT2D eigenvalue weighted by atomic mass is 10.2. The Kier molecular flexibility index (Phi) is 4.20. The highest BCUT2D eigenvalue weighted by atomic mass is 28.3. The summed E-state index contributed by atoms with van der Waals surface area (Å²) in [4.78, 5) is 26.7. The maximum absolute atomic E-state index is 13.3. The molecule has 0 saturated heterocycles.